The number of likely N-dealkylation sites (N-methyl/N-ethyl adjacent to an activating group) is 1. The highest BCUT2D eigenvalue weighted by Gasteiger charge is 2.30. The van der Waals surface area contributed by atoms with Gasteiger partial charge in [-0.25, -0.2) is 0 Å². The molecule has 0 saturated heterocycles. The van der Waals surface area contributed by atoms with E-state index in [0.29, 0.717) is 93.9 Å². The molecule has 0 aliphatic carbocycles. The Hall–Kier alpha value is -5.92. The molecule has 0 spiro atoms. The van der Waals surface area contributed by atoms with Gasteiger partial charge in [-0.3, -0.25) is 29.1 Å². The zero-order valence-electron chi connectivity index (χ0n) is 37.3. The van der Waals surface area contributed by atoms with E-state index in [-0.39, 0.29) is 36.6 Å². The largest absolute Gasteiger partial charge is 0.481 e. The minimum atomic E-state index is -4.50. The SMILES string of the molecule is CCN(CC)c1ccc(NC(=O)c2cccc(C(=O)N(C)CCN(CCOC)CCOCCOCCOCCC(=O)O)c2)c(-c2ccc(C(=O)NCc3cccc(C(F)(F)F)c3)cn2)c1. The molecule has 0 aliphatic rings. The van der Waals surface area contributed by atoms with Crippen molar-refractivity contribution < 1.29 is 56.4 Å². The van der Waals surface area contributed by atoms with Crippen molar-refractivity contribution in [3.05, 3.63) is 113 Å². The van der Waals surface area contributed by atoms with Crippen molar-refractivity contribution in [1.29, 1.82) is 0 Å². The zero-order valence-corrected chi connectivity index (χ0v) is 37.3. The summed E-state index contributed by atoms with van der Waals surface area (Å²) in [6.07, 6.45) is -3.18. The second-order valence-corrected chi connectivity index (χ2v) is 14.8. The predicted molar refractivity (Wildman–Crippen MR) is 240 cm³/mol. The van der Waals surface area contributed by atoms with Gasteiger partial charge in [-0.05, 0) is 80.1 Å². The monoisotopic (exact) mass is 908 g/mol. The third kappa shape index (κ3) is 17.2. The topological polar surface area (TPSA) is 172 Å². The highest BCUT2D eigenvalue weighted by atomic mass is 19.4. The summed E-state index contributed by atoms with van der Waals surface area (Å²) in [5.41, 5.74) is 2.66. The molecule has 1 heterocycles. The van der Waals surface area contributed by atoms with Gasteiger partial charge in [0.15, 0.2) is 0 Å². The number of methoxy groups -OCH3 is 1. The zero-order chi connectivity index (χ0) is 47.2. The molecule has 3 N–H and O–H groups in total. The first kappa shape index (κ1) is 51.7. The molecule has 15 nitrogen and oxygen atoms in total. The Labute approximate surface area is 377 Å². The molecule has 4 aromatic rings. The lowest BCUT2D eigenvalue weighted by Gasteiger charge is -2.25. The molecule has 65 heavy (non-hydrogen) atoms. The highest BCUT2D eigenvalue weighted by Crippen LogP contribution is 2.32. The van der Waals surface area contributed by atoms with Gasteiger partial charge in [-0.15, -0.1) is 0 Å². The Morgan fingerprint density at radius 2 is 1.40 bits per heavy atom. The lowest BCUT2D eigenvalue weighted by atomic mass is 10.0. The number of pyridine rings is 1. The molecule has 0 aliphatic heterocycles. The summed E-state index contributed by atoms with van der Waals surface area (Å²) in [7, 11) is 3.32. The van der Waals surface area contributed by atoms with Crippen LogP contribution in [0.1, 0.15) is 62.5 Å². The van der Waals surface area contributed by atoms with Crippen molar-refractivity contribution in [2.45, 2.75) is 33.0 Å². The van der Waals surface area contributed by atoms with Gasteiger partial charge in [0.25, 0.3) is 17.7 Å². The molecule has 0 bridgehead atoms. The molecule has 0 saturated carbocycles. The average molecular weight is 909 g/mol. The van der Waals surface area contributed by atoms with Gasteiger partial charge >= 0.3 is 12.1 Å². The number of aromatic nitrogens is 1. The molecular weight excluding hydrogens is 850 g/mol. The van der Waals surface area contributed by atoms with Crippen LogP contribution >= 0.6 is 0 Å². The lowest BCUT2D eigenvalue weighted by molar-refractivity contribution is -0.139. The first-order valence-electron chi connectivity index (χ1n) is 21.4. The second-order valence-electron chi connectivity index (χ2n) is 14.8. The predicted octanol–water partition coefficient (Wildman–Crippen LogP) is 6.34. The fraction of sp³-hybridized carbons (Fsp3) is 0.426. The van der Waals surface area contributed by atoms with Crippen LogP contribution in [0.25, 0.3) is 11.3 Å². The molecule has 4 rings (SSSR count). The number of hydrogen-bond acceptors (Lipinski definition) is 11. The van der Waals surface area contributed by atoms with E-state index in [4.69, 9.17) is 24.1 Å². The van der Waals surface area contributed by atoms with Crippen LogP contribution < -0.4 is 15.5 Å². The number of alkyl halides is 3. The first-order chi connectivity index (χ1) is 31.2. The number of benzene rings is 3. The fourth-order valence-corrected chi connectivity index (χ4v) is 6.52. The maximum Gasteiger partial charge on any atom is 0.416 e. The van der Waals surface area contributed by atoms with E-state index in [0.717, 1.165) is 30.9 Å². The number of halogens is 3. The van der Waals surface area contributed by atoms with Gasteiger partial charge in [0.1, 0.15) is 0 Å². The van der Waals surface area contributed by atoms with Crippen LogP contribution in [0, 0.1) is 0 Å². The molecule has 0 radical (unpaired) electrons. The van der Waals surface area contributed by atoms with E-state index in [2.05, 4.69) is 25.4 Å². The number of hydrogen-bond donors (Lipinski definition) is 3. The standard InChI is InChI=1S/C47H59F3N6O9/c1-5-56(6-2)39-14-16-42(40(31-39)41-15-13-37(33-51-41)44(59)52-32-34-9-7-12-38(29-34)47(48,49)50)53-45(60)35-10-8-11-36(30-35)46(61)54(3)18-19-55(20-23-62-4)21-24-64-26-28-65-27-25-63-22-17-43(57)58/h7-16,29-31,33H,5-6,17-28,32H2,1-4H3,(H,52,59)(H,53,60)(H,57,58). The Morgan fingerprint density at radius 3 is 2.06 bits per heavy atom. The van der Waals surface area contributed by atoms with Crippen LogP contribution in [0.3, 0.4) is 0 Å². The summed E-state index contributed by atoms with van der Waals surface area (Å²) < 4.78 is 61.2. The van der Waals surface area contributed by atoms with E-state index in [9.17, 15) is 32.3 Å². The molecule has 18 heteroatoms. The van der Waals surface area contributed by atoms with Crippen LogP contribution in [0.2, 0.25) is 0 Å². The number of ether oxygens (including phenoxy) is 4. The van der Waals surface area contributed by atoms with Gasteiger partial charge in [0, 0.05) is 88.5 Å². The van der Waals surface area contributed by atoms with E-state index in [1.54, 1.807) is 61.5 Å². The third-order valence-electron chi connectivity index (χ3n) is 10.2. The van der Waals surface area contributed by atoms with Crippen LogP contribution in [0.4, 0.5) is 24.5 Å². The normalized spacial score (nSPS) is 11.4. The Morgan fingerprint density at radius 1 is 0.723 bits per heavy atom. The van der Waals surface area contributed by atoms with Crippen LogP contribution in [0.5, 0.6) is 0 Å². The molecule has 1 aromatic heterocycles. The smallest absolute Gasteiger partial charge is 0.416 e. The maximum atomic E-state index is 13.8. The van der Waals surface area contributed by atoms with Crippen molar-refractivity contribution in [3.63, 3.8) is 0 Å². The number of anilines is 2. The van der Waals surface area contributed by atoms with Crippen LogP contribution in [-0.2, 0) is 36.5 Å². The molecule has 0 unspecified atom stereocenters. The lowest BCUT2D eigenvalue weighted by Crippen LogP contribution is -2.39. The number of nitrogens with zero attached hydrogens (tertiary/aromatic N) is 4. The number of aliphatic carboxylic acids is 1. The van der Waals surface area contributed by atoms with Crippen molar-refractivity contribution in [2.75, 3.05) is 110 Å². The quantitative estimate of drug-likeness (QED) is 0.0541. The number of carboxylic acid groups (broad SMARTS) is 1. The summed E-state index contributed by atoms with van der Waals surface area (Å²) in [5, 5.41) is 14.3. The van der Waals surface area contributed by atoms with E-state index in [1.807, 2.05) is 26.0 Å². The van der Waals surface area contributed by atoms with Gasteiger partial charge in [-0.1, -0.05) is 18.2 Å². The number of carbonyl (C=O) groups excluding carboxylic acids is 3. The molecule has 3 aromatic carbocycles. The molecule has 0 atom stereocenters. The first-order valence-corrected chi connectivity index (χ1v) is 21.4. The van der Waals surface area contributed by atoms with Crippen molar-refractivity contribution in [3.8, 4) is 11.3 Å². The second kappa shape index (κ2) is 26.8. The van der Waals surface area contributed by atoms with Crippen molar-refractivity contribution in [2.24, 2.45) is 0 Å². The number of carboxylic acids is 1. The molecular formula is C47H59F3N6O9. The summed E-state index contributed by atoms with van der Waals surface area (Å²) in [6, 6.07) is 20.0. The van der Waals surface area contributed by atoms with Gasteiger partial charge in [-0.2, -0.15) is 13.2 Å². The Balaban J connectivity index is 1.37. The number of nitrogens with one attached hydrogen (secondary N) is 2. The van der Waals surface area contributed by atoms with Gasteiger partial charge in [0.2, 0.25) is 0 Å². The van der Waals surface area contributed by atoms with Gasteiger partial charge in [0.05, 0.1) is 75.2 Å². The van der Waals surface area contributed by atoms with E-state index >= 15 is 0 Å². The third-order valence-corrected chi connectivity index (χ3v) is 10.2. The number of amides is 3. The summed E-state index contributed by atoms with van der Waals surface area (Å²) in [4.78, 5) is 61.3. The van der Waals surface area contributed by atoms with Crippen molar-refractivity contribution >= 4 is 35.1 Å². The van der Waals surface area contributed by atoms with E-state index in [1.165, 1.54) is 18.3 Å². The number of rotatable bonds is 28. The number of carbonyl (C=O) groups is 4. The summed E-state index contributed by atoms with van der Waals surface area (Å²) in [5.74, 6) is -2.15. The molecule has 0 fully saturated rings. The average Bonchev–Trinajstić information content (AvgIpc) is 3.30. The van der Waals surface area contributed by atoms with E-state index < -0.39 is 29.5 Å². The Kier molecular flexibility index (Phi) is 21.3. The maximum absolute atomic E-state index is 13.8. The highest BCUT2D eigenvalue weighted by molar-refractivity contribution is 6.08. The van der Waals surface area contributed by atoms with Gasteiger partial charge < -0.3 is 44.5 Å². The summed E-state index contributed by atoms with van der Waals surface area (Å²) in [6.45, 7) is 10.0. The van der Waals surface area contributed by atoms with Crippen LogP contribution in [0.15, 0.2) is 85.1 Å². The minimum Gasteiger partial charge on any atom is -0.481 e. The van der Waals surface area contributed by atoms with Crippen molar-refractivity contribution in [1.82, 2.24) is 20.1 Å². The fourth-order valence-electron chi connectivity index (χ4n) is 6.52. The Bertz CT molecular complexity index is 2140. The molecule has 352 valence electrons. The van der Waals surface area contributed by atoms with Crippen LogP contribution in [-0.4, -0.2) is 143 Å². The minimum absolute atomic E-state index is 0.0520. The summed E-state index contributed by atoms with van der Waals surface area (Å²) >= 11 is 0. The molecule has 3 amide bonds.